The number of carbonyl (C=O) groups excluding carboxylic acids is 1. The van der Waals surface area contributed by atoms with Crippen LogP contribution in [0.5, 0.6) is 0 Å². The van der Waals surface area contributed by atoms with Gasteiger partial charge in [-0.2, -0.15) is 0 Å². The van der Waals surface area contributed by atoms with E-state index < -0.39 is 15.9 Å². The first-order valence-electron chi connectivity index (χ1n) is 11.0. The van der Waals surface area contributed by atoms with Gasteiger partial charge in [-0.1, -0.05) is 60.7 Å². The highest BCUT2D eigenvalue weighted by Gasteiger charge is 2.34. The molecule has 174 valence electrons. The third-order valence-electron chi connectivity index (χ3n) is 6.05. The molecule has 4 aromatic rings. The Hall–Kier alpha value is -3.30. The van der Waals surface area contributed by atoms with E-state index in [1.165, 1.54) is 22.2 Å². The maximum absolute atomic E-state index is 13.4. The number of rotatable bonds is 6. The number of aromatic nitrogens is 2. The molecule has 1 saturated heterocycles. The van der Waals surface area contributed by atoms with Gasteiger partial charge in [0.1, 0.15) is 11.4 Å². The quantitative estimate of drug-likeness (QED) is 0.411. The Balaban J connectivity index is 1.44. The Morgan fingerprint density at radius 3 is 2.47 bits per heavy atom. The zero-order valence-corrected chi connectivity index (χ0v) is 20.0. The summed E-state index contributed by atoms with van der Waals surface area (Å²) in [6, 6.07) is 20.6. The number of fused-ring (bicyclic) bond motifs is 1. The molecule has 1 aliphatic rings. The monoisotopic (exact) mass is 493 g/mol. The molecule has 3 heterocycles. The molecule has 5 rings (SSSR count). The fourth-order valence-electron chi connectivity index (χ4n) is 4.28. The zero-order valence-electron chi connectivity index (χ0n) is 18.3. The summed E-state index contributed by atoms with van der Waals surface area (Å²) in [4.78, 5) is 34.1. The second-order valence-electron chi connectivity index (χ2n) is 8.44. The van der Waals surface area contributed by atoms with Crippen molar-refractivity contribution in [1.82, 2.24) is 14.5 Å². The van der Waals surface area contributed by atoms with Crippen LogP contribution in [0.3, 0.4) is 0 Å². The van der Waals surface area contributed by atoms with E-state index in [1.54, 1.807) is 4.90 Å². The zero-order chi connectivity index (χ0) is 23.7. The molecule has 0 radical (unpaired) electrons. The van der Waals surface area contributed by atoms with Crippen molar-refractivity contribution in [1.29, 1.82) is 0 Å². The summed E-state index contributed by atoms with van der Waals surface area (Å²) in [5.74, 6) is -0.281. The van der Waals surface area contributed by atoms with Gasteiger partial charge in [0.2, 0.25) is 5.91 Å². The Morgan fingerprint density at radius 2 is 1.79 bits per heavy atom. The van der Waals surface area contributed by atoms with E-state index in [4.69, 9.17) is 0 Å². The van der Waals surface area contributed by atoms with Gasteiger partial charge in [0.05, 0.1) is 23.2 Å². The number of carbonyl (C=O) groups is 1. The van der Waals surface area contributed by atoms with Gasteiger partial charge in [-0.25, -0.2) is 13.4 Å². The Kier molecular flexibility index (Phi) is 6.05. The van der Waals surface area contributed by atoms with E-state index in [2.05, 4.69) is 4.98 Å². The van der Waals surface area contributed by atoms with Crippen molar-refractivity contribution < 1.29 is 13.2 Å². The molecule has 0 unspecified atom stereocenters. The molecular formula is C25H23N3O4S2. The predicted molar refractivity (Wildman–Crippen MR) is 133 cm³/mol. The molecule has 1 amide bonds. The summed E-state index contributed by atoms with van der Waals surface area (Å²) in [6.45, 7) is 0.0998. The van der Waals surface area contributed by atoms with Crippen LogP contribution in [0.2, 0.25) is 0 Å². The number of sulfone groups is 1. The van der Waals surface area contributed by atoms with E-state index in [1.807, 2.05) is 66.7 Å². The number of hydrogen-bond donors (Lipinski definition) is 0. The molecule has 7 nitrogen and oxygen atoms in total. The lowest BCUT2D eigenvalue weighted by Crippen LogP contribution is -2.43. The maximum Gasteiger partial charge on any atom is 0.262 e. The van der Waals surface area contributed by atoms with Crippen molar-refractivity contribution in [2.24, 2.45) is 0 Å². The highest BCUT2D eigenvalue weighted by molar-refractivity contribution is 7.91. The lowest BCUT2D eigenvalue weighted by Gasteiger charge is -2.28. The summed E-state index contributed by atoms with van der Waals surface area (Å²) in [5, 5.41) is 0.470. The fourth-order valence-corrected chi connectivity index (χ4v) is 7.00. The van der Waals surface area contributed by atoms with Crippen LogP contribution >= 0.6 is 11.3 Å². The first-order chi connectivity index (χ1) is 16.4. The lowest BCUT2D eigenvalue weighted by molar-refractivity contribution is -0.134. The van der Waals surface area contributed by atoms with Crippen LogP contribution in [0.15, 0.2) is 77.9 Å². The van der Waals surface area contributed by atoms with Crippen molar-refractivity contribution in [3.8, 4) is 10.4 Å². The third kappa shape index (κ3) is 4.67. The normalized spacial score (nSPS) is 17.1. The lowest BCUT2D eigenvalue weighted by atomic mass is 10.1. The maximum atomic E-state index is 13.4. The number of amides is 1. The Labute approximate surface area is 201 Å². The molecule has 1 aliphatic heterocycles. The Morgan fingerprint density at radius 1 is 1.09 bits per heavy atom. The van der Waals surface area contributed by atoms with Crippen molar-refractivity contribution in [3.05, 3.63) is 89.0 Å². The number of hydrogen-bond acceptors (Lipinski definition) is 6. The van der Waals surface area contributed by atoms with E-state index in [9.17, 15) is 18.0 Å². The van der Waals surface area contributed by atoms with Crippen LogP contribution in [0, 0.1) is 0 Å². The first-order valence-corrected chi connectivity index (χ1v) is 13.6. The van der Waals surface area contributed by atoms with Crippen molar-refractivity contribution in [3.63, 3.8) is 0 Å². The summed E-state index contributed by atoms with van der Waals surface area (Å²) in [7, 11) is -3.17. The summed E-state index contributed by atoms with van der Waals surface area (Å²) in [6.07, 6.45) is 1.80. The van der Waals surface area contributed by atoms with E-state index >= 15 is 0 Å². The van der Waals surface area contributed by atoms with Crippen LogP contribution in [0.1, 0.15) is 12.0 Å². The SMILES string of the molecule is O=C(Cn1cnc2sc(-c3ccccc3)cc2c1=O)N(Cc1ccccc1)[C@@H]1CCS(=O)(=O)C1. The molecule has 0 saturated carbocycles. The molecule has 2 aromatic heterocycles. The van der Waals surface area contributed by atoms with Gasteiger partial charge >= 0.3 is 0 Å². The molecule has 0 spiro atoms. The first kappa shape index (κ1) is 22.5. The van der Waals surface area contributed by atoms with Gasteiger partial charge in [0.25, 0.3) is 5.56 Å². The van der Waals surface area contributed by atoms with Gasteiger partial charge < -0.3 is 4.90 Å². The number of thiophene rings is 1. The second-order valence-corrected chi connectivity index (χ2v) is 11.7. The van der Waals surface area contributed by atoms with E-state index in [0.29, 0.717) is 23.2 Å². The van der Waals surface area contributed by atoms with Crippen LogP contribution < -0.4 is 5.56 Å². The van der Waals surface area contributed by atoms with E-state index in [0.717, 1.165) is 16.0 Å². The van der Waals surface area contributed by atoms with Crippen molar-refractivity contribution >= 4 is 37.3 Å². The average Bonchev–Trinajstić information content (AvgIpc) is 3.44. The molecule has 2 aromatic carbocycles. The topological polar surface area (TPSA) is 89.3 Å². The third-order valence-corrected chi connectivity index (χ3v) is 8.89. The minimum absolute atomic E-state index is 0.0529. The van der Waals surface area contributed by atoms with E-state index in [-0.39, 0.29) is 29.5 Å². The van der Waals surface area contributed by atoms with Crippen LogP contribution in [0.4, 0.5) is 0 Å². The molecule has 1 atom stereocenters. The molecule has 0 aliphatic carbocycles. The van der Waals surface area contributed by atoms with Crippen LogP contribution in [-0.4, -0.2) is 46.3 Å². The summed E-state index contributed by atoms with van der Waals surface area (Å²) < 4.78 is 25.5. The largest absolute Gasteiger partial charge is 0.333 e. The smallest absolute Gasteiger partial charge is 0.262 e. The minimum Gasteiger partial charge on any atom is -0.333 e. The highest BCUT2D eigenvalue weighted by Crippen LogP contribution is 2.30. The average molecular weight is 494 g/mol. The standard InChI is InChI=1S/C25H23N3O4S2/c29-23(28(14-18-7-3-1-4-8-18)20-11-12-34(31,32)16-20)15-27-17-26-24-21(25(27)30)13-22(33-24)19-9-5-2-6-10-19/h1-10,13,17,20H,11-12,14-16H2/t20-/m1/s1. The van der Waals surface area contributed by atoms with Gasteiger partial charge in [-0.15, -0.1) is 11.3 Å². The summed E-state index contributed by atoms with van der Waals surface area (Å²) >= 11 is 1.43. The van der Waals surface area contributed by atoms with Crippen LogP contribution in [-0.2, 0) is 27.7 Å². The molecule has 9 heteroatoms. The Bertz CT molecular complexity index is 1500. The minimum atomic E-state index is -3.17. The number of benzene rings is 2. The summed E-state index contributed by atoms with van der Waals surface area (Å²) in [5.41, 5.74) is 1.63. The predicted octanol–water partition coefficient (Wildman–Crippen LogP) is 3.34. The van der Waals surface area contributed by atoms with Gasteiger partial charge in [-0.3, -0.25) is 14.2 Å². The molecule has 34 heavy (non-hydrogen) atoms. The number of nitrogens with zero attached hydrogens (tertiary/aromatic N) is 3. The molecule has 0 bridgehead atoms. The van der Waals surface area contributed by atoms with Gasteiger partial charge in [0.15, 0.2) is 9.84 Å². The highest BCUT2D eigenvalue weighted by atomic mass is 32.2. The molecular weight excluding hydrogens is 470 g/mol. The second kappa shape index (κ2) is 9.15. The van der Waals surface area contributed by atoms with Gasteiger partial charge in [-0.05, 0) is 23.6 Å². The van der Waals surface area contributed by atoms with Gasteiger partial charge in [0, 0.05) is 17.5 Å². The fraction of sp³-hybridized carbons (Fsp3) is 0.240. The van der Waals surface area contributed by atoms with Crippen molar-refractivity contribution in [2.75, 3.05) is 11.5 Å². The molecule has 1 fully saturated rings. The molecule has 0 N–H and O–H groups in total. The van der Waals surface area contributed by atoms with Crippen LogP contribution in [0.25, 0.3) is 20.7 Å². The van der Waals surface area contributed by atoms with Crippen molar-refractivity contribution in [2.45, 2.75) is 25.6 Å².